The molecule has 0 fully saturated rings. The van der Waals surface area contributed by atoms with Crippen LogP contribution in [0.3, 0.4) is 0 Å². The standard InChI is InChI=1S/C28H35N/c1-20(2)21(3)16-23-8-10-25(11-9-23)18-27(19-29)26-14-12-24(13-15-26)17-22(4)28(5,6)7/h8-15,20,27H,3-4,16-18H2,1-2,5-7H3. The minimum atomic E-state index is -0.133. The Kier molecular flexibility index (Phi) is 7.63. The summed E-state index contributed by atoms with van der Waals surface area (Å²) in [5.74, 6) is 0.368. The molecule has 0 aliphatic carbocycles. The maximum Gasteiger partial charge on any atom is 0.0753 e. The van der Waals surface area contributed by atoms with E-state index >= 15 is 0 Å². The van der Waals surface area contributed by atoms with Gasteiger partial charge in [0.05, 0.1) is 12.0 Å². The SMILES string of the molecule is C=C(Cc1ccc(CC(C#N)c2ccc(CC(=C)C(C)(C)C)cc2)cc1)C(C)C. The molecular weight excluding hydrogens is 350 g/mol. The Labute approximate surface area is 177 Å². The van der Waals surface area contributed by atoms with Crippen molar-refractivity contribution < 1.29 is 0 Å². The van der Waals surface area contributed by atoms with Gasteiger partial charge in [0.25, 0.3) is 0 Å². The Morgan fingerprint density at radius 1 is 0.862 bits per heavy atom. The number of nitrogens with zero attached hydrogens (tertiary/aromatic N) is 1. The summed E-state index contributed by atoms with van der Waals surface area (Å²) in [6.45, 7) is 19.3. The van der Waals surface area contributed by atoms with E-state index in [1.165, 1.54) is 27.8 Å². The Morgan fingerprint density at radius 2 is 1.34 bits per heavy atom. The predicted molar refractivity (Wildman–Crippen MR) is 125 cm³/mol. The van der Waals surface area contributed by atoms with Gasteiger partial charge in [-0.05, 0) is 52.8 Å². The van der Waals surface area contributed by atoms with E-state index < -0.39 is 0 Å². The summed E-state index contributed by atoms with van der Waals surface area (Å²) in [5, 5.41) is 9.72. The second kappa shape index (κ2) is 9.75. The van der Waals surface area contributed by atoms with Crippen molar-refractivity contribution in [1.29, 1.82) is 5.26 Å². The molecule has 1 atom stereocenters. The van der Waals surface area contributed by atoms with Crippen LogP contribution in [0.15, 0.2) is 72.8 Å². The molecule has 0 saturated heterocycles. The zero-order valence-electron chi connectivity index (χ0n) is 18.8. The summed E-state index contributed by atoms with van der Waals surface area (Å²) >= 11 is 0. The van der Waals surface area contributed by atoms with Gasteiger partial charge in [0.1, 0.15) is 0 Å². The minimum Gasteiger partial charge on any atom is -0.198 e. The van der Waals surface area contributed by atoms with Crippen molar-refractivity contribution in [1.82, 2.24) is 0 Å². The van der Waals surface area contributed by atoms with E-state index in [2.05, 4.69) is 102 Å². The van der Waals surface area contributed by atoms with E-state index in [0.29, 0.717) is 5.92 Å². The van der Waals surface area contributed by atoms with Gasteiger partial charge < -0.3 is 0 Å². The van der Waals surface area contributed by atoms with Gasteiger partial charge >= 0.3 is 0 Å². The first-order chi connectivity index (χ1) is 13.6. The molecule has 29 heavy (non-hydrogen) atoms. The lowest BCUT2D eigenvalue weighted by molar-refractivity contribution is 0.494. The van der Waals surface area contributed by atoms with Crippen LogP contribution in [-0.2, 0) is 19.3 Å². The molecule has 2 aromatic rings. The van der Waals surface area contributed by atoms with Gasteiger partial charge in [-0.25, -0.2) is 0 Å². The van der Waals surface area contributed by atoms with Gasteiger partial charge in [-0.3, -0.25) is 0 Å². The summed E-state index contributed by atoms with van der Waals surface area (Å²) in [5.41, 5.74) is 7.39. The first-order valence-corrected chi connectivity index (χ1v) is 10.5. The molecular formula is C28H35N. The van der Waals surface area contributed by atoms with Gasteiger partial charge in [0.2, 0.25) is 0 Å². The Balaban J connectivity index is 2.04. The molecule has 1 nitrogen and oxygen atoms in total. The van der Waals surface area contributed by atoms with Crippen molar-refractivity contribution in [3.63, 3.8) is 0 Å². The lowest BCUT2D eigenvalue weighted by atomic mass is 9.83. The normalized spacial score (nSPS) is 12.4. The van der Waals surface area contributed by atoms with Crippen LogP contribution in [0.4, 0.5) is 0 Å². The van der Waals surface area contributed by atoms with Crippen LogP contribution in [0.5, 0.6) is 0 Å². The molecule has 0 radical (unpaired) electrons. The number of rotatable bonds is 8. The monoisotopic (exact) mass is 385 g/mol. The van der Waals surface area contributed by atoms with Crippen molar-refractivity contribution in [3.05, 3.63) is 95.1 Å². The highest BCUT2D eigenvalue weighted by atomic mass is 14.3. The molecule has 0 heterocycles. The highest BCUT2D eigenvalue weighted by molar-refractivity contribution is 5.34. The quantitative estimate of drug-likeness (QED) is 0.433. The van der Waals surface area contributed by atoms with E-state index in [1.807, 2.05) is 0 Å². The molecule has 0 saturated carbocycles. The van der Waals surface area contributed by atoms with Crippen LogP contribution in [0.1, 0.15) is 62.8 Å². The van der Waals surface area contributed by atoms with Crippen molar-refractivity contribution in [3.8, 4) is 6.07 Å². The smallest absolute Gasteiger partial charge is 0.0753 e. The topological polar surface area (TPSA) is 23.8 Å². The number of hydrogen-bond acceptors (Lipinski definition) is 1. The highest BCUT2D eigenvalue weighted by Gasteiger charge is 2.16. The fraction of sp³-hybridized carbons (Fsp3) is 0.393. The molecule has 0 bridgehead atoms. The third-order valence-electron chi connectivity index (χ3n) is 5.73. The molecule has 152 valence electrons. The minimum absolute atomic E-state index is 0.113. The molecule has 1 heteroatoms. The van der Waals surface area contributed by atoms with Crippen LogP contribution < -0.4 is 0 Å². The average molecular weight is 386 g/mol. The summed E-state index contributed by atoms with van der Waals surface area (Å²) in [6.07, 6.45) is 2.53. The molecule has 0 amide bonds. The van der Waals surface area contributed by atoms with Crippen molar-refractivity contribution in [2.45, 2.75) is 59.8 Å². The number of nitriles is 1. The third kappa shape index (κ3) is 6.75. The van der Waals surface area contributed by atoms with Crippen molar-refractivity contribution in [2.75, 3.05) is 0 Å². The van der Waals surface area contributed by atoms with Gasteiger partial charge in [0, 0.05) is 0 Å². The zero-order chi connectivity index (χ0) is 21.6. The van der Waals surface area contributed by atoms with E-state index in [1.54, 1.807) is 0 Å². The fourth-order valence-electron chi connectivity index (χ4n) is 3.11. The number of allylic oxidation sites excluding steroid dienone is 2. The second-order valence-electron chi connectivity index (χ2n) is 9.46. The summed E-state index contributed by atoms with van der Waals surface area (Å²) in [4.78, 5) is 0. The van der Waals surface area contributed by atoms with E-state index in [0.717, 1.165) is 24.8 Å². The molecule has 2 rings (SSSR count). The number of hydrogen-bond donors (Lipinski definition) is 0. The molecule has 1 unspecified atom stereocenters. The first kappa shape index (κ1) is 22.7. The lowest BCUT2D eigenvalue weighted by Gasteiger charge is -2.22. The van der Waals surface area contributed by atoms with Gasteiger partial charge in [-0.2, -0.15) is 5.26 Å². The molecule has 0 N–H and O–H groups in total. The van der Waals surface area contributed by atoms with Gasteiger partial charge in [0.15, 0.2) is 0 Å². The molecule has 2 aromatic carbocycles. The van der Waals surface area contributed by atoms with Crippen LogP contribution in [0.25, 0.3) is 0 Å². The molecule has 0 aliphatic heterocycles. The average Bonchev–Trinajstić information content (AvgIpc) is 2.67. The van der Waals surface area contributed by atoms with Crippen LogP contribution in [-0.4, -0.2) is 0 Å². The van der Waals surface area contributed by atoms with Crippen LogP contribution in [0.2, 0.25) is 0 Å². The summed E-state index contributed by atoms with van der Waals surface area (Å²) < 4.78 is 0. The fourth-order valence-corrected chi connectivity index (χ4v) is 3.11. The van der Waals surface area contributed by atoms with E-state index in [-0.39, 0.29) is 11.3 Å². The lowest BCUT2D eigenvalue weighted by Crippen LogP contribution is -2.10. The van der Waals surface area contributed by atoms with Crippen LogP contribution >= 0.6 is 0 Å². The zero-order valence-corrected chi connectivity index (χ0v) is 18.8. The molecule has 0 spiro atoms. The Hall–Kier alpha value is -2.59. The van der Waals surface area contributed by atoms with E-state index in [4.69, 9.17) is 0 Å². The highest BCUT2D eigenvalue weighted by Crippen LogP contribution is 2.28. The van der Waals surface area contributed by atoms with Crippen molar-refractivity contribution in [2.24, 2.45) is 11.3 Å². The predicted octanol–water partition coefficient (Wildman–Crippen LogP) is 7.44. The maximum absolute atomic E-state index is 9.72. The van der Waals surface area contributed by atoms with Crippen LogP contribution in [0, 0.1) is 22.7 Å². The second-order valence-corrected chi connectivity index (χ2v) is 9.46. The van der Waals surface area contributed by atoms with Crippen molar-refractivity contribution >= 4 is 0 Å². The molecule has 0 aliphatic rings. The Bertz CT molecular complexity index is 868. The Morgan fingerprint density at radius 3 is 1.83 bits per heavy atom. The largest absolute Gasteiger partial charge is 0.198 e. The maximum atomic E-state index is 9.72. The first-order valence-electron chi connectivity index (χ1n) is 10.5. The van der Waals surface area contributed by atoms with Gasteiger partial charge in [-0.1, -0.05) is 107 Å². The summed E-state index contributed by atoms with van der Waals surface area (Å²) in [6, 6.07) is 19.6. The van der Waals surface area contributed by atoms with Gasteiger partial charge in [-0.15, -0.1) is 0 Å². The summed E-state index contributed by atoms with van der Waals surface area (Å²) in [7, 11) is 0. The van der Waals surface area contributed by atoms with E-state index in [9.17, 15) is 5.26 Å². The third-order valence-corrected chi connectivity index (χ3v) is 5.73. The molecule has 0 aromatic heterocycles. The number of benzene rings is 2.